The molecule has 7 heteroatoms. The maximum atomic E-state index is 9.65. The van der Waals surface area contributed by atoms with E-state index < -0.39 is 0 Å². The van der Waals surface area contributed by atoms with Crippen molar-refractivity contribution in [1.29, 1.82) is 0 Å². The van der Waals surface area contributed by atoms with Crippen molar-refractivity contribution in [1.82, 2.24) is 10.2 Å². The van der Waals surface area contributed by atoms with Gasteiger partial charge in [0.05, 0.1) is 25.6 Å². The molecule has 0 amide bonds. The topological polar surface area (TPSA) is 114 Å². The molecule has 1 heterocycles. The third-order valence-electron chi connectivity index (χ3n) is 4.15. The van der Waals surface area contributed by atoms with E-state index in [0.717, 1.165) is 11.1 Å². The summed E-state index contributed by atoms with van der Waals surface area (Å²) in [5.74, 6) is 0.953. The number of nitrogen functional groups attached to an aromatic ring is 1. The van der Waals surface area contributed by atoms with Crippen molar-refractivity contribution in [3.8, 4) is 23.0 Å². The van der Waals surface area contributed by atoms with E-state index in [2.05, 4.69) is 10.2 Å². The summed E-state index contributed by atoms with van der Waals surface area (Å²) < 4.78 is 10.2. The lowest BCUT2D eigenvalue weighted by Crippen LogP contribution is -1.88. The third-order valence-corrected chi connectivity index (χ3v) is 4.15. The highest BCUT2D eigenvalue weighted by atomic mass is 16.5. The van der Waals surface area contributed by atoms with Crippen LogP contribution in [0.1, 0.15) is 22.5 Å². The van der Waals surface area contributed by atoms with E-state index in [1.54, 1.807) is 48.6 Å². The van der Waals surface area contributed by atoms with Crippen molar-refractivity contribution in [2.45, 2.75) is 0 Å². The number of phenolic OH excluding ortho intramolecular Hbond substituents is 2. The van der Waals surface area contributed by atoms with Crippen LogP contribution in [-0.4, -0.2) is 34.6 Å². The molecule has 2 aromatic carbocycles. The van der Waals surface area contributed by atoms with E-state index >= 15 is 0 Å². The largest absolute Gasteiger partial charge is 0.504 e. The van der Waals surface area contributed by atoms with Gasteiger partial charge in [-0.25, -0.2) is 0 Å². The molecule has 3 aromatic rings. The maximum Gasteiger partial charge on any atom is 0.161 e. The van der Waals surface area contributed by atoms with Crippen molar-refractivity contribution in [2.24, 2.45) is 0 Å². The number of rotatable bonds is 6. The third kappa shape index (κ3) is 4.09. The number of nitrogens with zero attached hydrogens (tertiary/aromatic N) is 1. The second kappa shape index (κ2) is 8.22. The molecule has 0 aliphatic carbocycles. The second-order valence-corrected chi connectivity index (χ2v) is 5.97. The standard InChI is InChI=1S/C21H21N3O4/c1-27-19-11-13(5-9-17(19)25)3-7-15-21(22)16(24-23-15)8-4-14-6-10-18(26)20(12-14)28-2/h3-12,25-26H,22H2,1-2H3,(H,23,24)/b7-3+,8-4+. The summed E-state index contributed by atoms with van der Waals surface area (Å²) in [6, 6.07) is 10.1. The van der Waals surface area contributed by atoms with E-state index in [-0.39, 0.29) is 11.5 Å². The van der Waals surface area contributed by atoms with Gasteiger partial charge in [0.2, 0.25) is 0 Å². The Kier molecular flexibility index (Phi) is 5.55. The smallest absolute Gasteiger partial charge is 0.161 e. The van der Waals surface area contributed by atoms with Crippen LogP contribution in [-0.2, 0) is 0 Å². The van der Waals surface area contributed by atoms with E-state index in [1.165, 1.54) is 14.2 Å². The van der Waals surface area contributed by atoms with Crippen molar-refractivity contribution in [2.75, 3.05) is 20.0 Å². The van der Waals surface area contributed by atoms with E-state index in [1.807, 2.05) is 12.2 Å². The minimum atomic E-state index is 0.0808. The lowest BCUT2D eigenvalue weighted by molar-refractivity contribution is 0.373. The highest BCUT2D eigenvalue weighted by Crippen LogP contribution is 2.29. The quantitative estimate of drug-likeness (QED) is 0.519. The fourth-order valence-electron chi connectivity index (χ4n) is 2.58. The van der Waals surface area contributed by atoms with Gasteiger partial charge in [-0.15, -0.1) is 0 Å². The Balaban J connectivity index is 1.78. The van der Waals surface area contributed by atoms with Gasteiger partial charge in [-0.05, 0) is 47.5 Å². The van der Waals surface area contributed by atoms with Crippen LogP contribution >= 0.6 is 0 Å². The van der Waals surface area contributed by atoms with Crippen LogP contribution in [0.4, 0.5) is 5.69 Å². The lowest BCUT2D eigenvalue weighted by atomic mass is 10.1. The summed E-state index contributed by atoms with van der Waals surface area (Å²) >= 11 is 0. The number of aromatic amines is 1. The SMILES string of the molecule is COc1cc(/C=C/c2n[nH]c(/C=C/c3ccc(O)c(OC)c3)c2N)ccc1O. The first kappa shape index (κ1) is 18.9. The number of benzene rings is 2. The average molecular weight is 379 g/mol. The molecule has 0 aliphatic heterocycles. The first-order valence-electron chi connectivity index (χ1n) is 8.46. The molecule has 0 saturated heterocycles. The number of anilines is 1. The molecule has 0 radical (unpaired) electrons. The van der Waals surface area contributed by atoms with Gasteiger partial charge in [-0.3, -0.25) is 5.10 Å². The Labute approximate surface area is 162 Å². The molecule has 0 saturated carbocycles. The molecule has 0 fully saturated rings. The molecule has 144 valence electrons. The van der Waals surface area contributed by atoms with Crippen LogP contribution < -0.4 is 15.2 Å². The number of hydrogen-bond donors (Lipinski definition) is 4. The number of aromatic nitrogens is 2. The Morgan fingerprint density at radius 1 is 0.857 bits per heavy atom. The van der Waals surface area contributed by atoms with Gasteiger partial charge < -0.3 is 25.4 Å². The first-order valence-corrected chi connectivity index (χ1v) is 8.46. The summed E-state index contributed by atoms with van der Waals surface area (Å²) in [5.41, 5.74) is 9.61. The minimum Gasteiger partial charge on any atom is -0.504 e. The normalized spacial score (nSPS) is 11.4. The highest BCUT2D eigenvalue weighted by molar-refractivity contribution is 5.81. The molecule has 28 heavy (non-hydrogen) atoms. The molecule has 0 spiro atoms. The Morgan fingerprint density at radius 2 is 1.39 bits per heavy atom. The molecule has 5 N–H and O–H groups in total. The molecule has 1 aromatic heterocycles. The summed E-state index contributed by atoms with van der Waals surface area (Å²) in [4.78, 5) is 0. The van der Waals surface area contributed by atoms with E-state index in [9.17, 15) is 10.2 Å². The first-order chi connectivity index (χ1) is 13.5. The Hall–Kier alpha value is -3.87. The molecule has 0 bridgehead atoms. The Morgan fingerprint density at radius 3 is 1.93 bits per heavy atom. The molecular formula is C21H21N3O4. The predicted molar refractivity (Wildman–Crippen MR) is 110 cm³/mol. The molecular weight excluding hydrogens is 358 g/mol. The number of nitrogens with one attached hydrogen (secondary N) is 1. The van der Waals surface area contributed by atoms with Gasteiger partial charge in [0.15, 0.2) is 23.0 Å². The van der Waals surface area contributed by atoms with E-state index in [0.29, 0.717) is 28.6 Å². The minimum absolute atomic E-state index is 0.0808. The van der Waals surface area contributed by atoms with Gasteiger partial charge in [0.1, 0.15) is 5.69 Å². The van der Waals surface area contributed by atoms with E-state index in [4.69, 9.17) is 15.2 Å². The van der Waals surface area contributed by atoms with Crippen LogP contribution in [0.2, 0.25) is 0 Å². The molecule has 7 nitrogen and oxygen atoms in total. The van der Waals surface area contributed by atoms with Crippen molar-refractivity contribution >= 4 is 30.0 Å². The zero-order chi connectivity index (χ0) is 20.1. The van der Waals surface area contributed by atoms with Gasteiger partial charge in [0, 0.05) is 0 Å². The van der Waals surface area contributed by atoms with Crippen LogP contribution in [0, 0.1) is 0 Å². The number of ether oxygens (including phenoxy) is 2. The van der Waals surface area contributed by atoms with Crippen LogP contribution in [0.3, 0.4) is 0 Å². The highest BCUT2D eigenvalue weighted by Gasteiger charge is 2.06. The summed E-state index contributed by atoms with van der Waals surface area (Å²) in [5, 5.41) is 26.4. The number of H-pyrrole nitrogens is 1. The second-order valence-electron chi connectivity index (χ2n) is 5.97. The van der Waals surface area contributed by atoms with Gasteiger partial charge >= 0.3 is 0 Å². The fraction of sp³-hybridized carbons (Fsp3) is 0.0952. The lowest BCUT2D eigenvalue weighted by Gasteiger charge is -2.03. The fourth-order valence-corrected chi connectivity index (χ4v) is 2.58. The molecule has 0 aliphatic rings. The number of methoxy groups -OCH3 is 2. The maximum absolute atomic E-state index is 9.65. The van der Waals surface area contributed by atoms with Crippen LogP contribution in [0.5, 0.6) is 23.0 Å². The summed E-state index contributed by atoms with van der Waals surface area (Å²) in [7, 11) is 2.99. The summed E-state index contributed by atoms with van der Waals surface area (Å²) in [6.07, 6.45) is 7.24. The zero-order valence-electron chi connectivity index (χ0n) is 15.5. The van der Waals surface area contributed by atoms with Crippen LogP contribution in [0.15, 0.2) is 36.4 Å². The predicted octanol–water partition coefficient (Wildman–Crippen LogP) is 3.76. The number of hydrogen-bond acceptors (Lipinski definition) is 6. The van der Waals surface area contributed by atoms with Gasteiger partial charge in [-0.1, -0.05) is 24.3 Å². The van der Waals surface area contributed by atoms with Crippen molar-refractivity contribution in [3.05, 3.63) is 58.9 Å². The Bertz CT molecular complexity index is 957. The number of phenols is 2. The molecule has 0 unspecified atom stereocenters. The monoisotopic (exact) mass is 379 g/mol. The van der Waals surface area contributed by atoms with Gasteiger partial charge in [-0.2, -0.15) is 5.10 Å². The van der Waals surface area contributed by atoms with Crippen LogP contribution in [0.25, 0.3) is 24.3 Å². The van der Waals surface area contributed by atoms with Crippen molar-refractivity contribution in [3.63, 3.8) is 0 Å². The average Bonchev–Trinajstić information content (AvgIpc) is 3.06. The van der Waals surface area contributed by atoms with Gasteiger partial charge in [0.25, 0.3) is 0 Å². The zero-order valence-corrected chi connectivity index (χ0v) is 15.5. The summed E-state index contributed by atoms with van der Waals surface area (Å²) in [6.45, 7) is 0. The van der Waals surface area contributed by atoms with Crippen molar-refractivity contribution < 1.29 is 19.7 Å². The molecule has 0 atom stereocenters. The number of aromatic hydroxyl groups is 2. The number of nitrogens with two attached hydrogens (primary N) is 1. The molecule has 3 rings (SSSR count).